The molecule has 2 aromatic heterocycles. The van der Waals surface area contributed by atoms with Crippen LogP contribution in [0.5, 0.6) is 0 Å². The van der Waals surface area contributed by atoms with Crippen LogP contribution in [0.15, 0.2) is 82.6 Å². The maximum Gasteiger partial charge on any atom is 0.270 e. The summed E-state index contributed by atoms with van der Waals surface area (Å²) in [6, 6.07) is 15.7. The fraction of sp³-hybridized carbons (Fsp3) is 0. The van der Waals surface area contributed by atoms with Crippen LogP contribution < -0.4 is 4.31 Å². The van der Waals surface area contributed by atoms with Gasteiger partial charge in [-0.25, -0.2) is 22.7 Å². The first kappa shape index (κ1) is 16.9. The van der Waals surface area contributed by atoms with Crippen molar-refractivity contribution in [2.75, 3.05) is 4.31 Å². The van der Waals surface area contributed by atoms with Crippen molar-refractivity contribution in [2.24, 2.45) is 0 Å². The van der Waals surface area contributed by atoms with Crippen molar-refractivity contribution in [1.82, 2.24) is 9.97 Å². The van der Waals surface area contributed by atoms with Gasteiger partial charge >= 0.3 is 0 Å². The van der Waals surface area contributed by atoms with Crippen LogP contribution in [0.3, 0.4) is 0 Å². The lowest BCUT2D eigenvalue weighted by Crippen LogP contribution is -2.26. The highest BCUT2D eigenvalue weighted by molar-refractivity contribution is 7.93. The van der Waals surface area contributed by atoms with Crippen molar-refractivity contribution < 1.29 is 8.42 Å². The Labute approximate surface area is 159 Å². The molecule has 2 aromatic carbocycles. The highest BCUT2D eigenvalue weighted by Gasteiger charge is 2.28. The van der Waals surface area contributed by atoms with Gasteiger partial charge < -0.3 is 0 Å². The van der Waals surface area contributed by atoms with Gasteiger partial charge in [-0.05, 0) is 24.3 Å². The normalized spacial score (nSPS) is 11.4. The van der Waals surface area contributed by atoms with Crippen molar-refractivity contribution >= 4 is 43.5 Å². The van der Waals surface area contributed by atoms with Crippen LogP contribution in [0.2, 0.25) is 0 Å². The first-order valence-electron chi connectivity index (χ1n) is 7.66. The molecule has 0 unspecified atom stereocenters. The molecule has 130 valence electrons. The average molecular weight is 400 g/mol. The first-order chi connectivity index (χ1) is 12.7. The molecule has 26 heavy (non-hydrogen) atoms. The van der Waals surface area contributed by atoms with Gasteiger partial charge in [0.05, 0.1) is 10.6 Å². The number of rotatable bonds is 5. The van der Waals surface area contributed by atoms with Crippen LogP contribution in [0.4, 0.5) is 10.8 Å². The monoisotopic (exact) mass is 399 g/mol. The molecule has 4 rings (SSSR count). The summed E-state index contributed by atoms with van der Waals surface area (Å²) in [6.45, 7) is 0. The molecule has 0 aliphatic rings. The fourth-order valence-corrected chi connectivity index (χ4v) is 5.45. The van der Waals surface area contributed by atoms with E-state index in [1.165, 1.54) is 27.0 Å². The van der Waals surface area contributed by atoms with Gasteiger partial charge in [-0.2, -0.15) is 0 Å². The molecule has 0 atom stereocenters. The van der Waals surface area contributed by atoms with Crippen LogP contribution in [0.1, 0.15) is 0 Å². The number of benzene rings is 2. The van der Waals surface area contributed by atoms with Crippen LogP contribution >= 0.6 is 22.7 Å². The molecule has 0 fully saturated rings. The Bertz CT molecular complexity index is 1080. The van der Waals surface area contributed by atoms with Crippen molar-refractivity contribution in [3.63, 3.8) is 0 Å². The van der Waals surface area contributed by atoms with Gasteiger partial charge in [0.25, 0.3) is 10.0 Å². The smallest absolute Gasteiger partial charge is 0.245 e. The molecule has 0 amide bonds. The van der Waals surface area contributed by atoms with Crippen molar-refractivity contribution in [3.05, 3.63) is 77.8 Å². The van der Waals surface area contributed by atoms with E-state index in [9.17, 15) is 8.42 Å². The maximum absolute atomic E-state index is 13.3. The summed E-state index contributed by atoms with van der Waals surface area (Å²) in [7, 11) is -3.80. The number of thiazole rings is 2. The van der Waals surface area contributed by atoms with Gasteiger partial charge in [0.15, 0.2) is 0 Å². The molecule has 0 aliphatic carbocycles. The molecule has 0 N–H and O–H groups in total. The second kappa shape index (κ2) is 6.99. The number of hydrogen-bond acceptors (Lipinski definition) is 6. The third kappa shape index (κ3) is 3.14. The number of nitrogens with zero attached hydrogens (tertiary/aromatic N) is 3. The minimum Gasteiger partial charge on any atom is -0.245 e. The standard InChI is InChI=1S/C18H13N3O2S3/c22-26(23,16-8-6-14(7-9-16)17-19-10-12-24-17)21(18-20-11-13-25-18)15-4-2-1-3-5-15/h1-13H. The number of sulfonamides is 1. The molecule has 2 heterocycles. The highest BCUT2D eigenvalue weighted by atomic mass is 32.2. The number of para-hydroxylation sites is 1. The Morgan fingerprint density at radius 3 is 2.12 bits per heavy atom. The van der Waals surface area contributed by atoms with E-state index in [2.05, 4.69) is 9.97 Å². The Morgan fingerprint density at radius 2 is 1.50 bits per heavy atom. The third-order valence-electron chi connectivity index (χ3n) is 3.66. The molecular weight excluding hydrogens is 386 g/mol. The zero-order chi connectivity index (χ0) is 18.0. The summed E-state index contributed by atoms with van der Waals surface area (Å²) in [6.07, 6.45) is 3.32. The van der Waals surface area contributed by atoms with Gasteiger partial charge in [0, 0.05) is 28.7 Å². The molecule has 0 radical (unpaired) electrons. The molecule has 0 bridgehead atoms. The lowest BCUT2D eigenvalue weighted by atomic mass is 10.2. The van der Waals surface area contributed by atoms with E-state index in [1.807, 2.05) is 11.4 Å². The van der Waals surface area contributed by atoms with Crippen molar-refractivity contribution in [1.29, 1.82) is 0 Å². The fourth-order valence-electron chi connectivity index (χ4n) is 2.47. The predicted octanol–water partition coefficient (Wildman–Crippen LogP) is 4.79. The molecule has 8 heteroatoms. The van der Waals surface area contributed by atoms with E-state index in [0.717, 1.165) is 10.6 Å². The molecule has 0 saturated carbocycles. The summed E-state index contributed by atoms with van der Waals surface area (Å²) in [5.41, 5.74) is 1.44. The Kier molecular flexibility index (Phi) is 4.54. The predicted molar refractivity (Wildman–Crippen MR) is 105 cm³/mol. The lowest BCUT2D eigenvalue weighted by Gasteiger charge is -2.21. The largest absolute Gasteiger partial charge is 0.270 e. The van der Waals surface area contributed by atoms with Gasteiger partial charge in [0.2, 0.25) is 5.13 Å². The first-order valence-corrected chi connectivity index (χ1v) is 10.9. The Balaban J connectivity index is 1.78. The molecular formula is C18H13N3O2S3. The molecule has 5 nitrogen and oxygen atoms in total. The minimum atomic E-state index is -3.80. The zero-order valence-electron chi connectivity index (χ0n) is 13.4. The molecule has 0 aliphatic heterocycles. The average Bonchev–Trinajstić information content (AvgIpc) is 3.37. The second-order valence-corrected chi connectivity index (χ2v) is 8.84. The highest BCUT2D eigenvalue weighted by Crippen LogP contribution is 2.34. The van der Waals surface area contributed by atoms with E-state index in [-0.39, 0.29) is 4.90 Å². The van der Waals surface area contributed by atoms with Crippen LogP contribution in [0, 0.1) is 0 Å². The summed E-state index contributed by atoms with van der Waals surface area (Å²) in [5, 5.41) is 4.90. The van der Waals surface area contributed by atoms with Crippen molar-refractivity contribution in [2.45, 2.75) is 4.90 Å². The number of anilines is 2. The van der Waals surface area contributed by atoms with Crippen LogP contribution in [-0.2, 0) is 10.0 Å². The van der Waals surface area contributed by atoms with Crippen LogP contribution in [-0.4, -0.2) is 18.4 Å². The second-order valence-electron chi connectivity index (χ2n) is 5.28. The van der Waals surface area contributed by atoms with Crippen molar-refractivity contribution in [3.8, 4) is 10.6 Å². The SMILES string of the molecule is O=S(=O)(c1ccc(-c2nccs2)cc1)N(c1ccccc1)c1nccs1. The zero-order valence-corrected chi connectivity index (χ0v) is 15.8. The van der Waals surface area contributed by atoms with E-state index < -0.39 is 10.0 Å². The summed E-state index contributed by atoms with van der Waals surface area (Å²) in [4.78, 5) is 8.66. The maximum atomic E-state index is 13.3. The van der Waals surface area contributed by atoms with Gasteiger partial charge in [-0.15, -0.1) is 22.7 Å². The molecule has 0 saturated heterocycles. The minimum absolute atomic E-state index is 0.205. The topological polar surface area (TPSA) is 63.2 Å². The number of aromatic nitrogens is 2. The number of hydrogen-bond donors (Lipinski definition) is 0. The summed E-state index contributed by atoms with van der Waals surface area (Å²) >= 11 is 2.79. The summed E-state index contributed by atoms with van der Waals surface area (Å²) < 4.78 is 27.9. The van der Waals surface area contributed by atoms with E-state index in [0.29, 0.717) is 10.8 Å². The summed E-state index contributed by atoms with van der Waals surface area (Å²) in [5.74, 6) is 0. The van der Waals surface area contributed by atoms with Gasteiger partial charge in [-0.1, -0.05) is 30.3 Å². The van der Waals surface area contributed by atoms with E-state index in [1.54, 1.807) is 66.3 Å². The van der Waals surface area contributed by atoms with Crippen LogP contribution in [0.25, 0.3) is 10.6 Å². The molecule has 4 aromatic rings. The third-order valence-corrected chi connectivity index (χ3v) is 7.08. The quantitative estimate of drug-likeness (QED) is 0.484. The Morgan fingerprint density at radius 1 is 0.808 bits per heavy atom. The Hall–Kier alpha value is -2.55. The molecule has 0 spiro atoms. The lowest BCUT2D eigenvalue weighted by molar-refractivity contribution is 0.596. The van der Waals surface area contributed by atoms with Gasteiger partial charge in [0.1, 0.15) is 5.01 Å². The van der Waals surface area contributed by atoms with Gasteiger partial charge in [-0.3, -0.25) is 0 Å². The van der Waals surface area contributed by atoms with E-state index >= 15 is 0 Å². The van der Waals surface area contributed by atoms with E-state index in [4.69, 9.17) is 0 Å².